The molecule has 0 radical (unpaired) electrons. The van der Waals surface area contributed by atoms with E-state index in [0.717, 1.165) is 11.3 Å². The van der Waals surface area contributed by atoms with Crippen molar-refractivity contribution in [1.29, 1.82) is 0 Å². The Morgan fingerprint density at radius 2 is 1.84 bits per heavy atom. The van der Waals surface area contributed by atoms with Crippen LogP contribution in [0, 0.1) is 5.82 Å². The number of nitrogens with one attached hydrogen (secondary N) is 1. The van der Waals surface area contributed by atoms with Crippen molar-refractivity contribution in [2.75, 3.05) is 7.11 Å². The van der Waals surface area contributed by atoms with Gasteiger partial charge in [0, 0.05) is 6.20 Å². The highest BCUT2D eigenvalue weighted by molar-refractivity contribution is 5.80. The van der Waals surface area contributed by atoms with E-state index in [9.17, 15) is 14.0 Å². The van der Waals surface area contributed by atoms with Crippen LogP contribution in [0.15, 0.2) is 71.7 Å². The van der Waals surface area contributed by atoms with Crippen molar-refractivity contribution in [1.82, 2.24) is 19.4 Å². The van der Waals surface area contributed by atoms with Gasteiger partial charge in [-0.25, -0.2) is 18.7 Å². The lowest BCUT2D eigenvalue weighted by atomic mass is 10.0. The van der Waals surface area contributed by atoms with Gasteiger partial charge in [0.25, 0.3) is 0 Å². The SMILES string of the molecule is CCC(NC(=O)Cn1c(=O)n(-c2ccc(F)cc2)c2ncccc21)c1ccc(OC)cc1. The van der Waals surface area contributed by atoms with Crippen LogP contribution >= 0.6 is 0 Å². The maximum Gasteiger partial charge on any atom is 0.335 e. The standard InChI is InChI=1S/C24H23FN4O3/c1-3-20(16-6-12-19(32-2)13-7-16)27-22(30)15-28-21-5-4-14-26-23(21)29(24(28)31)18-10-8-17(25)9-11-18/h4-14,20H,3,15H2,1-2H3,(H,27,30). The van der Waals surface area contributed by atoms with E-state index in [0.29, 0.717) is 23.3 Å². The zero-order chi connectivity index (χ0) is 22.7. The number of carbonyl (C=O) groups is 1. The molecule has 0 spiro atoms. The lowest BCUT2D eigenvalue weighted by molar-refractivity contribution is -0.122. The summed E-state index contributed by atoms with van der Waals surface area (Å²) in [4.78, 5) is 30.4. The van der Waals surface area contributed by atoms with E-state index < -0.39 is 11.5 Å². The van der Waals surface area contributed by atoms with Gasteiger partial charge in [-0.1, -0.05) is 19.1 Å². The molecule has 1 N–H and O–H groups in total. The number of hydrogen-bond donors (Lipinski definition) is 1. The highest BCUT2D eigenvalue weighted by Gasteiger charge is 2.19. The van der Waals surface area contributed by atoms with Gasteiger partial charge in [0.1, 0.15) is 18.1 Å². The number of ether oxygens (including phenoxy) is 1. The Hall–Kier alpha value is -3.94. The molecule has 4 aromatic rings. The van der Waals surface area contributed by atoms with E-state index in [-0.39, 0.29) is 18.5 Å². The minimum Gasteiger partial charge on any atom is -0.497 e. The molecule has 0 fully saturated rings. The number of nitrogens with zero attached hydrogens (tertiary/aromatic N) is 3. The second-order valence-electron chi connectivity index (χ2n) is 7.33. The molecule has 2 aromatic heterocycles. The fraction of sp³-hybridized carbons (Fsp3) is 0.208. The summed E-state index contributed by atoms with van der Waals surface area (Å²) in [5.41, 5.74) is 1.93. The first kappa shape index (κ1) is 21.3. The molecule has 1 amide bonds. The Morgan fingerprint density at radius 1 is 1.12 bits per heavy atom. The molecule has 32 heavy (non-hydrogen) atoms. The fourth-order valence-corrected chi connectivity index (χ4v) is 3.70. The fourth-order valence-electron chi connectivity index (χ4n) is 3.70. The molecule has 0 bridgehead atoms. The summed E-state index contributed by atoms with van der Waals surface area (Å²) in [7, 11) is 1.60. The third-order valence-electron chi connectivity index (χ3n) is 5.34. The topological polar surface area (TPSA) is 78.2 Å². The molecule has 1 unspecified atom stereocenters. The van der Waals surface area contributed by atoms with E-state index >= 15 is 0 Å². The third-order valence-corrected chi connectivity index (χ3v) is 5.34. The number of imidazole rings is 1. The zero-order valence-corrected chi connectivity index (χ0v) is 17.8. The molecule has 7 nitrogen and oxygen atoms in total. The Morgan fingerprint density at radius 3 is 2.50 bits per heavy atom. The van der Waals surface area contributed by atoms with Crippen molar-refractivity contribution in [2.24, 2.45) is 0 Å². The number of rotatable bonds is 7. The zero-order valence-electron chi connectivity index (χ0n) is 17.8. The van der Waals surface area contributed by atoms with E-state index in [1.54, 1.807) is 25.4 Å². The first-order valence-electron chi connectivity index (χ1n) is 10.3. The maximum atomic E-state index is 13.4. The van der Waals surface area contributed by atoms with E-state index in [1.165, 1.54) is 33.4 Å². The quantitative estimate of drug-likeness (QED) is 0.482. The van der Waals surface area contributed by atoms with E-state index in [1.807, 2.05) is 31.2 Å². The van der Waals surface area contributed by atoms with Crippen molar-refractivity contribution >= 4 is 17.1 Å². The molecule has 4 rings (SSSR count). The number of halogens is 1. The van der Waals surface area contributed by atoms with Crippen LogP contribution in [0.5, 0.6) is 5.75 Å². The molecule has 1 atom stereocenters. The maximum absolute atomic E-state index is 13.4. The minimum atomic E-state index is -0.419. The summed E-state index contributed by atoms with van der Waals surface area (Å²) in [6.07, 6.45) is 2.26. The average molecular weight is 434 g/mol. The number of methoxy groups -OCH3 is 1. The highest BCUT2D eigenvalue weighted by Crippen LogP contribution is 2.20. The Bertz CT molecular complexity index is 1290. The monoisotopic (exact) mass is 434 g/mol. The molecule has 0 saturated carbocycles. The van der Waals surface area contributed by atoms with Crippen molar-refractivity contribution in [3.05, 3.63) is 88.7 Å². The van der Waals surface area contributed by atoms with Gasteiger partial charge >= 0.3 is 5.69 Å². The first-order chi connectivity index (χ1) is 15.5. The molecule has 0 saturated heterocycles. The smallest absolute Gasteiger partial charge is 0.335 e. The van der Waals surface area contributed by atoms with Crippen LogP contribution in [0.3, 0.4) is 0 Å². The number of hydrogen-bond acceptors (Lipinski definition) is 4. The van der Waals surface area contributed by atoms with Crippen LogP contribution in [-0.2, 0) is 11.3 Å². The predicted octanol–water partition coefficient (Wildman–Crippen LogP) is 3.60. The second kappa shape index (κ2) is 9.05. The van der Waals surface area contributed by atoms with Crippen LogP contribution in [0.25, 0.3) is 16.9 Å². The third kappa shape index (κ3) is 4.12. The summed E-state index contributed by atoms with van der Waals surface area (Å²) < 4.78 is 21.3. The second-order valence-corrected chi connectivity index (χ2v) is 7.33. The summed E-state index contributed by atoms with van der Waals surface area (Å²) >= 11 is 0. The normalized spacial score (nSPS) is 12.0. The van der Waals surface area contributed by atoms with Gasteiger partial charge in [0.2, 0.25) is 5.91 Å². The Kier molecular flexibility index (Phi) is 6.02. The van der Waals surface area contributed by atoms with Gasteiger partial charge < -0.3 is 10.1 Å². The van der Waals surface area contributed by atoms with Gasteiger partial charge in [-0.2, -0.15) is 0 Å². The van der Waals surface area contributed by atoms with Crippen LogP contribution in [0.4, 0.5) is 4.39 Å². The van der Waals surface area contributed by atoms with E-state index in [2.05, 4.69) is 10.3 Å². The number of amides is 1. The van der Waals surface area contributed by atoms with E-state index in [4.69, 9.17) is 4.74 Å². The molecule has 0 aliphatic carbocycles. The average Bonchev–Trinajstić information content (AvgIpc) is 3.09. The summed E-state index contributed by atoms with van der Waals surface area (Å²) in [6, 6.07) is 16.3. The van der Waals surface area contributed by atoms with Crippen molar-refractivity contribution in [2.45, 2.75) is 25.9 Å². The Labute approximate surface area is 184 Å². The number of benzene rings is 2. The van der Waals surface area contributed by atoms with Crippen LogP contribution < -0.4 is 15.7 Å². The number of fused-ring (bicyclic) bond motifs is 1. The first-order valence-corrected chi connectivity index (χ1v) is 10.3. The molecule has 2 heterocycles. The predicted molar refractivity (Wildman–Crippen MR) is 119 cm³/mol. The van der Waals surface area contributed by atoms with Gasteiger partial charge in [0.05, 0.1) is 24.4 Å². The highest BCUT2D eigenvalue weighted by atomic mass is 19.1. The minimum absolute atomic E-state index is 0.165. The molecular weight excluding hydrogens is 411 g/mol. The van der Waals surface area contributed by atoms with Gasteiger partial charge in [0.15, 0.2) is 5.65 Å². The summed E-state index contributed by atoms with van der Waals surface area (Å²) in [5.74, 6) is 0.0429. The van der Waals surface area contributed by atoms with Crippen LogP contribution in [0.1, 0.15) is 24.9 Å². The van der Waals surface area contributed by atoms with Crippen molar-refractivity contribution in [3.63, 3.8) is 0 Å². The van der Waals surface area contributed by atoms with Gasteiger partial charge in [-0.3, -0.25) is 9.36 Å². The van der Waals surface area contributed by atoms with Crippen molar-refractivity contribution < 1.29 is 13.9 Å². The molecule has 0 aliphatic heterocycles. The molecule has 164 valence electrons. The summed E-state index contributed by atoms with van der Waals surface area (Å²) in [6.45, 7) is 1.81. The van der Waals surface area contributed by atoms with Crippen molar-refractivity contribution in [3.8, 4) is 11.4 Å². The molecule has 2 aromatic carbocycles. The van der Waals surface area contributed by atoms with Gasteiger partial charge in [-0.05, 0) is 60.5 Å². The lowest BCUT2D eigenvalue weighted by Gasteiger charge is -2.18. The number of pyridine rings is 1. The van der Waals surface area contributed by atoms with Crippen LogP contribution in [0.2, 0.25) is 0 Å². The molecule has 8 heteroatoms. The number of aromatic nitrogens is 3. The molecule has 0 aliphatic rings. The summed E-state index contributed by atoms with van der Waals surface area (Å²) in [5, 5.41) is 3.00. The van der Waals surface area contributed by atoms with Gasteiger partial charge in [-0.15, -0.1) is 0 Å². The largest absolute Gasteiger partial charge is 0.497 e. The molecular formula is C24H23FN4O3. The van der Waals surface area contributed by atoms with Crippen LogP contribution in [-0.4, -0.2) is 27.1 Å². The lowest BCUT2D eigenvalue weighted by Crippen LogP contribution is -2.35. The Balaban J connectivity index is 1.63. The number of carbonyl (C=O) groups excluding carboxylic acids is 1.